The highest BCUT2D eigenvalue weighted by Gasteiger charge is 2.21. The second-order valence-electron chi connectivity index (χ2n) is 10.4. The molecule has 0 radical (unpaired) electrons. The number of carbonyl (C=O) groups excluding carboxylic acids is 1. The molecule has 0 bridgehead atoms. The number of aryl methyl sites for hydroxylation is 3. The summed E-state index contributed by atoms with van der Waals surface area (Å²) in [6, 6.07) is 17.1. The average molecular weight is 533 g/mol. The second-order valence-corrected chi connectivity index (χ2v) is 10.8. The van der Waals surface area contributed by atoms with Gasteiger partial charge in [0.25, 0.3) is 0 Å². The molecule has 1 aliphatic heterocycles. The van der Waals surface area contributed by atoms with Crippen LogP contribution in [0.4, 0.5) is 10.1 Å². The minimum atomic E-state index is -0.349. The largest absolute Gasteiger partial charge is 0.326 e. The smallest absolute Gasteiger partial charge is 0.221 e. The molecule has 0 unspecified atom stereocenters. The molecule has 7 heteroatoms. The van der Waals surface area contributed by atoms with Crippen LogP contribution in [0, 0.1) is 19.7 Å². The number of nitrogens with one attached hydrogen (secondary N) is 1. The Morgan fingerprint density at radius 3 is 2.55 bits per heavy atom. The number of amides is 1. The lowest BCUT2D eigenvalue weighted by molar-refractivity contribution is -0.114. The van der Waals surface area contributed by atoms with Crippen molar-refractivity contribution in [3.8, 4) is 11.4 Å². The van der Waals surface area contributed by atoms with E-state index >= 15 is 0 Å². The zero-order valence-corrected chi connectivity index (χ0v) is 23.0. The van der Waals surface area contributed by atoms with Crippen molar-refractivity contribution in [1.82, 2.24) is 14.5 Å². The Bertz CT molecular complexity index is 1470. The van der Waals surface area contributed by atoms with Crippen molar-refractivity contribution in [3.63, 3.8) is 0 Å². The highest BCUT2D eigenvalue weighted by Crippen LogP contribution is 2.33. The Balaban J connectivity index is 1.27. The van der Waals surface area contributed by atoms with Gasteiger partial charge in [-0.15, -0.1) is 0 Å². The number of benzene rings is 3. The molecule has 5 rings (SSSR count). The molecule has 1 saturated heterocycles. The third-order valence-corrected chi connectivity index (χ3v) is 7.97. The van der Waals surface area contributed by atoms with Crippen LogP contribution in [0.25, 0.3) is 22.4 Å². The normalized spacial score (nSPS) is 14.8. The molecule has 1 aromatic heterocycles. The Labute approximate surface area is 228 Å². The third-order valence-electron chi connectivity index (χ3n) is 7.66. The number of rotatable bonds is 7. The van der Waals surface area contributed by atoms with Gasteiger partial charge in [0.15, 0.2) is 0 Å². The van der Waals surface area contributed by atoms with E-state index in [1.807, 2.05) is 12.1 Å². The van der Waals surface area contributed by atoms with Crippen LogP contribution in [-0.2, 0) is 11.3 Å². The highest BCUT2D eigenvalue weighted by molar-refractivity contribution is 6.33. The number of imidazole rings is 1. The maximum atomic E-state index is 13.8. The van der Waals surface area contributed by atoms with Crippen LogP contribution in [0.1, 0.15) is 48.8 Å². The zero-order chi connectivity index (χ0) is 26.8. The summed E-state index contributed by atoms with van der Waals surface area (Å²) in [5, 5.41) is 3.27. The fourth-order valence-corrected chi connectivity index (χ4v) is 5.75. The van der Waals surface area contributed by atoms with E-state index in [1.54, 1.807) is 6.07 Å². The molecule has 198 valence electrons. The summed E-state index contributed by atoms with van der Waals surface area (Å²) >= 11 is 6.46. The summed E-state index contributed by atoms with van der Waals surface area (Å²) in [6.07, 6.45) is 3.19. The fourth-order valence-electron chi connectivity index (χ4n) is 5.50. The number of fused-ring (bicyclic) bond motifs is 1. The molecule has 3 aromatic carbocycles. The van der Waals surface area contributed by atoms with E-state index in [0.717, 1.165) is 73.6 Å². The molecule has 5 nitrogen and oxygen atoms in total. The zero-order valence-electron chi connectivity index (χ0n) is 22.2. The van der Waals surface area contributed by atoms with Crippen LogP contribution >= 0.6 is 11.6 Å². The van der Waals surface area contributed by atoms with Gasteiger partial charge in [0.05, 0.1) is 16.1 Å². The van der Waals surface area contributed by atoms with Crippen molar-refractivity contribution in [3.05, 3.63) is 82.1 Å². The van der Waals surface area contributed by atoms with Crippen LogP contribution in [-0.4, -0.2) is 40.0 Å². The summed E-state index contributed by atoms with van der Waals surface area (Å²) in [6.45, 7) is 9.66. The fraction of sp³-hybridized carbons (Fsp3) is 0.355. The van der Waals surface area contributed by atoms with Crippen molar-refractivity contribution in [2.75, 3.05) is 25.0 Å². The Hall–Kier alpha value is -3.22. The van der Waals surface area contributed by atoms with Crippen LogP contribution in [0.5, 0.6) is 0 Å². The number of hydrogen-bond acceptors (Lipinski definition) is 3. The maximum Gasteiger partial charge on any atom is 0.221 e. The van der Waals surface area contributed by atoms with Crippen molar-refractivity contribution in [1.29, 1.82) is 0 Å². The first-order chi connectivity index (χ1) is 18.3. The van der Waals surface area contributed by atoms with Gasteiger partial charge in [-0.1, -0.05) is 23.7 Å². The van der Waals surface area contributed by atoms with Crippen LogP contribution in [0.15, 0.2) is 54.6 Å². The van der Waals surface area contributed by atoms with Crippen LogP contribution in [0.3, 0.4) is 0 Å². The highest BCUT2D eigenvalue weighted by atomic mass is 35.5. The lowest BCUT2D eigenvalue weighted by Crippen LogP contribution is -2.34. The Kier molecular flexibility index (Phi) is 7.82. The summed E-state index contributed by atoms with van der Waals surface area (Å²) < 4.78 is 16.0. The molecular weight excluding hydrogens is 499 g/mol. The lowest BCUT2D eigenvalue weighted by Gasteiger charge is -2.32. The topological polar surface area (TPSA) is 50.2 Å². The maximum absolute atomic E-state index is 13.8. The molecule has 0 atom stereocenters. The van der Waals surface area contributed by atoms with E-state index in [1.165, 1.54) is 35.7 Å². The van der Waals surface area contributed by atoms with Crippen LogP contribution in [0.2, 0.25) is 5.02 Å². The van der Waals surface area contributed by atoms with Crippen molar-refractivity contribution in [2.45, 2.75) is 52.5 Å². The van der Waals surface area contributed by atoms with Gasteiger partial charge in [0, 0.05) is 24.7 Å². The quantitative estimate of drug-likeness (QED) is 0.271. The third kappa shape index (κ3) is 5.77. The average Bonchev–Trinajstić information content (AvgIpc) is 3.21. The summed E-state index contributed by atoms with van der Waals surface area (Å²) in [5.41, 5.74) is 7.36. The number of aromatic nitrogens is 2. The summed E-state index contributed by atoms with van der Waals surface area (Å²) in [5.74, 6) is 0.903. The van der Waals surface area contributed by atoms with Gasteiger partial charge in [-0.05, 0) is 118 Å². The molecule has 1 N–H and O–H groups in total. The van der Waals surface area contributed by atoms with E-state index in [0.29, 0.717) is 10.9 Å². The summed E-state index contributed by atoms with van der Waals surface area (Å²) in [7, 11) is 0. The van der Waals surface area contributed by atoms with Crippen LogP contribution < -0.4 is 5.32 Å². The standard InChI is InChI=1S/C31H34ClFN4O/c1-20-16-29-30(17-21(20)2)37(31(35-29)27-9-8-25(33)19-28(27)32)13-5-12-36-14-10-23(11-15-36)24-6-4-7-26(18-24)34-22(3)38/h4,6-9,16-19,23H,5,10-15H2,1-3H3,(H,34,38). The first kappa shape index (κ1) is 26.4. The molecule has 0 spiro atoms. The van der Waals surface area contributed by atoms with Crippen molar-refractivity contribution >= 4 is 34.2 Å². The van der Waals surface area contributed by atoms with Gasteiger partial charge in [0.1, 0.15) is 11.6 Å². The molecule has 1 fully saturated rings. The van der Waals surface area contributed by atoms with Gasteiger partial charge < -0.3 is 14.8 Å². The van der Waals surface area contributed by atoms with Crippen molar-refractivity contribution < 1.29 is 9.18 Å². The Morgan fingerprint density at radius 1 is 1.05 bits per heavy atom. The minimum absolute atomic E-state index is 0.0437. The Morgan fingerprint density at radius 2 is 1.82 bits per heavy atom. The van der Waals surface area contributed by atoms with E-state index in [4.69, 9.17) is 16.6 Å². The van der Waals surface area contributed by atoms with E-state index in [2.05, 4.69) is 52.9 Å². The number of carbonyl (C=O) groups is 1. The van der Waals surface area contributed by atoms with Gasteiger partial charge >= 0.3 is 0 Å². The second kappa shape index (κ2) is 11.3. The molecular formula is C31H34ClFN4O. The number of piperidine rings is 1. The molecule has 1 aliphatic rings. The molecule has 0 saturated carbocycles. The molecule has 2 heterocycles. The van der Waals surface area contributed by atoms with Gasteiger partial charge in [-0.3, -0.25) is 4.79 Å². The minimum Gasteiger partial charge on any atom is -0.326 e. The molecule has 4 aromatic rings. The molecule has 38 heavy (non-hydrogen) atoms. The van der Waals surface area contributed by atoms with Gasteiger partial charge in [0.2, 0.25) is 5.91 Å². The first-order valence-electron chi connectivity index (χ1n) is 13.3. The number of hydrogen-bond donors (Lipinski definition) is 1. The predicted molar refractivity (Wildman–Crippen MR) is 153 cm³/mol. The lowest BCUT2D eigenvalue weighted by atomic mass is 9.89. The van der Waals surface area contributed by atoms with E-state index in [9.17, 15) is 9.18 Å². The van der Waals surface area contributed by atoms with E-state index < -0.39 is 0 Å². The number of anilines is 1. The van der Waals surface area contributed by atoms with Gasteiger partial charge in [-0.2, -0.15) is 0 Å². The van der Waals surface area contributed by atoms with Gasteiger partial charge in [-0.25, -0.2) is 9.37 Å². The molecule has 0 aliphatic carbocycles. The monoisotopic (exact) mass is 532 g/mol. The number of likely N-dealkylation sites (tertiary alicyclic amines) is 1. The van der Waals surface area contributed by atoms with E-state index in [-0.39, 0.29) is 11.7 Å². The number of nitrogens with zero attached hydrogens (tertiary/aromatic N) is 3. The number of halogens is 2. The predicted octanol–water partition coefficient (Wildman–Crippen LogP) is 7.34. The van der Waals surface area contributed by atoms with Crippen molar-refractivity contribution in [2.24, 2.45) is 0 Å². The molecule has 1 amide bonds. The SMILES string of the molecule is CC(=O)Nc1cccc(C2CCN(CCCn3c(-c4ccc(F)cc4Cl)nc4cc(C)c(C)cc43)CC2)c1. The first-order valence-corrected chi connectivity index (χ1v) is 13.7. The summed E-state index contributed by atoms with van der Waals surface area (Å²) in [4.78, 5) is 18.9.